The van der Waals surface area contributed by atoms with Crippen molar-refractivity contribution in [1.82, 2.24) is 5.32 Å². The van der Waals surface area contributed by atoms with Crippen LogP contribution in [0.15, 0.2) is 12.1 Å². The summed E-state index contributed by atoms with van der Waals surface area (Å²) in [5.41, 5.74) is 0.952. The third kappa shape index (κ3) is 2.62. The molecule has 0 radical (unpaired) electrons. The average molecular weight is 270 g/mol. The molecule has 3 rings (SSSR count). The summed E-state index contributed by atoms with van der Waals surface area (Å²) in [6.45, 7) is 1.95. The molecule has 18 heavy (non-hydrogen) atoms. The fourth-order valence-electron chi connectivity index (χ4n) is 2.49. The van der Waals surface area contributed by atoms with Gasteiger partial charge in [-0.25, -0.2) is 4.39 Å². The molecule has 0 atom stereocenters. The van der Waals surface area contributed by atoms with Crippen molar-refractivity contribution in [1.29, 1.82) is 0 Å². The highest BCUT2D eigenvalue weighted by atomic mass is 35.5. The van der Waals surface area contributed by atoms with Crippen LogP contribution >= 0.6 is 11.6 Å². The van der Waals surface area contributed by atoms with Crippen molar-refractivity contribution in [3.63, 3.8) is 0 Å². The average Bonchev–Trinajstić information content (AvgIpc) is 3.17. The third-order valence-corrected chi connectivity index (χ3v) is 3.91. The summed E-state index contributed by atoms with van der Waals surface area (Å²) in [5, 5.41) is 3.73. The minimum Gasteiger partial charge on any atom is -0.489 e. The second-order valence-corrected chi connectivity index (χ2v) is 5.55. The van der Waals surface area contributed by atoms with Crippen molar-refractivity contribution in [3.8, 4) is 5.75 Å². The number of benzene rings is 1. The molecular formula is C14H17ClFNO. The molecule has 1 heterocycles. The van der Waals surface area contributed by atoms with Gasteiger partial charge < -0.3 is 10.1 Å². The summed E-state index contributed by atoms with van der Waals surface area (Å²) >= 11 is 6.15. The van der Waals surface area contributed by atoms with Crippen LogP contribution in [0.4, 0.5) is 4.39 Å². The molecular weight excluding hydrogens is 253 g/mol. The SMILES string of the molecule is Fc1cc(Cl)c(OC2CC2)c(C2CCNCC2)c1. The van der Waals surface area contributed by atoms with Gasteiger partial charge in [-0.3, -0.25) is 0 Å². The lowest BCUT2D eigenvalue weighted by Crippen LogP contribution is -2.27. The predicted molar refractivity (Wildman–Crippen MR) is 69.9 cm³/mol. The van der Waals surface area contributed by atoms with Crippen LogP contribution < -0.4 is 10.1 Å². The van der Waals surface area contributed by atoms with E-state index in [4.69, 9.17) is 16.3 Å². The van der Waals surface area contributed by atoms with Crippen LogP contribution in [0.3, 0.4) is 0 Å². The van der Waals surface area contributed by atoms with Crippen molar-refractivity contribution >= 4 is 11.6 Å². The van der Waals surface area contributed by atoms with Gasteiger partial charge in [0.2, 0.25) is 0 Å². The van der Waals surface area contributed by atoms with E-state index in [-0.39, 0.29) is 11.9 Å². The molecule has 1 saturated heterocycles. The topological polar surface area (TPSA) is 21.3 Å². The van der Waals surface area contributed by atoms with Crippen LogP contribution in [-0.4, -0.2) is 19.2 Å². The molecule has 1 aromatic carbocycles. The predicted octanol–water partition coefficient (Wildman–Crippen LogP) is 3.49. The Labute approximate surface area is 111 Å². The Bertz CT molecular complexity index is 442. The molecule has 1 aliphatic heterocycles. The zero-order chi connectivity index (χ0) is 12.5. The van der Waals surface area contributed by atoms with Gasteiger partial charge in [-0.15, -0.1) is 0 Å². The van der Waals surface area contributed by atoms with Crippen molar-refractivity contribution in [2.24, 2.45) is 0 Å². The largest absolute Gasteiger partial charge is 0.489 e. The quantitative estimate of drug-likeness (QED) is 0.907. The molecule has 4 heteroatoms. The van der Waals surface area contributed by atoms with Crippen molar-refractivity contribution in [3.05, 3.63) is 28.5 Å². The molecule has 1 aromatic rings. The first-order chi connectivity index (χ1) is 8.74. The van der Waals surface area contributed by atoms with Crippen molar-refractivity contribution in [2.75, 3.05) is 13.1 Å². The van der Waals surface area contributed by atoms with Crippen LogP contribution in [-0.2, 0) is 0 Å². The van der Waals surface area contributed by atoms with Crippen molar-refractivity contribution < 1.29 is 9.13 Å². The second-order valence-electron chi connectivity index (χ2n) is 5.15. The summed E-state index contributed by atoms with van der Waals surface area (Å²) in [5.74, 6) is 0.803. The van der Waals surface area contributed by atoms with Gasteiger partial charge in [0.25, 0.3) is 0 Å². The second kappa shape index (κ2) is 5.06. The number of ether oxygens (including phenoxy) is 1. The summed E-state index contributed by atoms with van der Waals surface area (Å²) in [6, 6.07) is 2.95. The first kappa shape index (κ1) is 12.2. The Morgan fingerprint density at radius 1 is 1.17 bits per heavy atom. The number of halogens is 2. The maximum absolute atomic E-state index is 13.6. The van der Waals surface area contributed by atoms with Gasteiger partial charge in [-0.2, -0.15) is 0 Å². The van der Waals surface area contributed by atoms with E-state index >= 15 is 0 Å². The first-order valence-corrected chi connectivity index (χ1v) is 6.98. The Morgan fingerprint density at radius 3 is 2.56 bits per heavy atom. The molecule has 0 aromatic heterocycles. The zero-order valence-corrected chi connectivity index (χ0v) is 11.0. The van der Waals surface area contributed by atoms with E-state index in [0.717, 1.165) is 44.3 Å². The molecule has 0 unspecified atom stereocenters. The van der Waals surface area contributed by atoms with Crippen LogP contribution in [0.25, 0.3) is 0 Å². The lowest BCUT2D eigenvalue weighted by Gasteiger charge is -2.25. The maximum Gasteiger partial charge on any atom is 0.141 e. The molecule has 1 aliphatic carbocycles. The third-order valence-electron chi connectivity index (χ3n) is 3.62. The molecule has 98 valence electrons. The minimum absolute atomic E-state index is 0.267. The van der Waals surface area contributed by atoms with Crippen LogP contribution in [0, 0.1) is 5.82 Å². The standard InChI is InChI=1S/C14H17ClFNO/c15-13-8-10(16)7-12(9-3-5-17-6-4-9)14(13)18-11-1-2-11/h7-9,11,17H,1-6H2. The molecule has 1 saturated carbocycles. The summed E-state index contributed by atoms with van der Waals surface area (Å²) in [4.78, 5) is 0. The van der Waals surface area contributed by atoms with E-state index in [1.165, 1.54) is 6.07 Å². The first-order valence-electron chi connectivity index (χ1n) is 6.60. The number of nitrogens with one attached hydrogen (secondary N) is 1. The fraction of sp³-hybridized carbons (Fsp3) is 0.571. The summed E-state index contributed by atoms with van der Waals surface area (Å²) < 4.78 is 19.4. The van der Waals surface area contributed by atoms with E-state index in [2.05, 4.69) is 5.32 Å². The number of hydrogen-bond acceptors (Lipinski definition) is 2. The van der Waals surface area contributed by atoms with E-state index in [1.807, 2.05) is 0 Å². The van der Waals surface area contributed by atoms with E-state index in [1.54, 1.807) is 6.07 Å². The Morgan fingerprint density at radius 2 is 1.89 bits per heavy atom. The van der Waals surface area contributed by atoms with Gasteiger partial charge in [0, 0.05) is 5.56 Å². The molecule has 0 amide bonds. The van der Waals surface area contributed by atoms with Gasteiger partial charge >= 0.3 is 0 Å². The van der Waals surface area contributed by atoms with Gasteiger partial charge in [0.1, 0.15) is 11.6 Å². The van der Waals surface area contributed by atoms with Crippen LogP contribution in [0.5, 0.6) is 5.75 Å². The molecule has 2 aliphatic rings. The zero-order valence-electron chi connectivity index (χ0n) is 10.2. The fourth-order valence-corrected chi connectivity index (χ4v) is 2.75. The smallest absolute Gasteiger partial charge is 0.141 e. The maximum atomic E-state index is 13.6. The Hall–Kier alpha value is -0.800. The number of piperidine rings is 1. The molecule has 0 spiro atoms. The van der Waals surface area contributed by atoms with Gasteiger partial charge in [0.05, 0.1) is 11.1 Å². The Balaban J connectivity index is 1.92. The molecule has 2 fully saturated rings. The normalized spacial score (nSPS) is 21.0. The monoisotopic (exact) mass is 269 g/mol. The van der Waals surface area contributed by atoms with Gasteiger partial charge in [-0.1, -0.05) is 11.6 Å². The summed E-state index contributed by atoms with van der Waals surface area (Å²) in [7, 11) is 0. The van der Waals surface area contributed by atoms with E-state index in [9.17, 15) is 4.39 Å². The lowest BCUT2D eigenvalue weighted by molar-refractivity contribution is 0.294. The van der Waals surface area contributed by atoms with Gasteiger partial charge in [0.15, 0.2) is 0 Å². The van der Waals surface area contributed by atoms with Crippen LogP contribution in [0.2, 0.25) is 5.02 Å². The highest BCUT2D eigenvalue weighted by molar-refractivity contribution is 6.32. The molecule has 0 bridgehead atoms. The van der Waals surface area contributed by atoms with E-state index in [0.29, 0.717) is 16.7 Å². The number of rotatable bonds is 3. The van der Waals surface area contributed by atoms with Gasteiger partial charge in [-0.05, 0) is 56.8 Å². The summed E-state index contributed by atoms with van der Waals surface area (Å²) in [6.07, 6.45) is 4.48. The van der Waals surface area contributed by atoms with Crippen LogP contribution in [0.1, 0.15) is 37.2 Å². The highest BCUT2D eigenvalue weighted by Gasteiger charge is 2.28. The highest BCUT2D eigenvalue weighted by Crippen LogP contribution is 2.41. The number of hydrogen-bond donors (Lipinski definition) is 1. The van der Waals surface area contributed by atoms with Crippen molar-refractivity contribution in [2.45, 2.75) is 37.7 Å². The lowest BCUT2D eigenvalue weighted by atomic mass is 9.89. The molecule has 2 nitrogen and oxygen atoms in total. The molecule has 1 N–H and O–H groups in total. The Kier molecular flexibility index (Phi) is 3.44. The van der Waals surface area contributed by atoms with E-state index < -0.39 is 0 Å². The minimum atomic E-state index is -0.267.